The average Bonchev–Trinajstić information content (AvgIpc) is 2.42. The van der Waals surface area contributed by atoms with Crippen molar-refractivity contribution in [2.45, 2.75) is 11.8 Å². The van der Waals surface area contributed by atoms with Gasteiger partial charge >= 0.3 is 0 Å². The molecule has 1 heterocycles. The van der Waals surface area contributed by atoms with E-state index in [1.807, 2.05) is 6.92 Å². The molecule has 0 saturated heterocycles. The lowest BCUT2D eigenvalue weighted by molar-refractivity contribution is 0.340. The number of hydrogen-bond acceptors (Lipinski definition) is 4. The largest absolute Gasteiger partial charge is 0.494 e. The van der Waals surface area contributed by atoms with Crippen LogP contribution in [0.2, 0.25) is 0 Å². The van der Waals surface area contributed by atoms with Gasteiger partial charge in [0.05, 0.1) is 11.5 Å². The smallest absolute Gasteiger partial charge is 0.263 e. The third-order valence-electron chi connectivity index (χ3n) is 2.41. The first-order chi connectivity index (χ1) is 9.51. The van der Waals surface area contributed by atoms with Crippen molar-refractivity contribution in [2.24, 2.45) is 0 Å². The van der Waals surface area contributed by atoms with Gasteiger partial charge in [0, 0.05) is 10.7 Å². The number of aromatic nitrogens is 1. The lowest BCUT2D eigenvalue weighted by atomic mass is 10.3. The SMILES string of the molecule is CCOc1ccc(S(=O)(=O)Nc2ccc(Br)cn2)cc1. The van der Waals surface area contributed by atoms with E-state index in [2.05, 4.69) is 25.6 Å². The maximum Gasteiger partial charge on any atom is 0.263 e. The molecule has 106 valence electrons. The molecule has 7 heteroatoms. The van der Waals surface area contributed by atoms with Gasteiger partial charge in [0.15, 0.2) is 0 Å². The minimum absolute atomic E-state index is 0.158. The fourth-order valence-electron chi connectivity index (χ4n) is 1.51. The van der Waals surface area contributed by atoms with Crippen molar-refractivity contribution in [1.82, 2.24) is 4.98 Å². The molecule has 2 aromatic rings. The first kappa shape index (κ1) is 14.8. The second-order valence-electron chi connectivity index (χ2n) is 3.87. The molecule has 5 nitrogen and oxygen atoms in total. The van der Waals surface area contributed by atoms with Crippen molar-refractivity contribution in [3.63, 3.8) is 0 Å². The summed E-state index contributed by atoms with van der Waals surface area (Å²) in [6.45, 7) is 2.40. The number of halogens is 1. The second kappa shape index (κ2) is 6.23. The Morgan fingerprint density at radius 1 is 1.20 bits per heavy atom. The maximum atomic E-state index is 12.2. The molecular weight excluding hydrogens is 344 g/mol. The van der Waals surface area contributed by atoms with Crippen molar-refractivity contribution in [2.75, 3.05) is 11.3 Å². The van der Waals surface area contributed by atoms with Crippen LogP contribution < -0.4 is 9.46 Å². The predicted octanol–water partition coefficient (Wildman–Crippen LogP) is 3.04. The zero-order valence-electron chi connectivity index (χ0n) is 10.7. The quantitative estimate of drug-likeness (QED) is 0.893. The molecule has 0 fully saturated rings. The van der Waals surface area contributed by atoms with E-state index < -0.39 is 10.0 Å². The molecule has 0 unspecified atom stereocenters. The van der Waals surface area contributed by atoms with Gasteiger partial charge in [0.2, 0.25) is 0 Å². The summed E-state index contributed by atoms with van der Waals surface area (Å²) >= 11 is 3.24. The van der Waals surface area contributed by atoms with Gasteiger partial charge in [-0.1, -0.05) is 0 Å². The number of hydrogen-bond donors (Lipinski definition) is 1. The van der Waals surface area contributed by atoms with E-state index in [-0.39, 0.29) is 10.7 Å². The molecule has 0 aliphatic carbocycles. The summed E-state index contributed by atoms with van der Waals surface area (Å²) in [5, 5.41) is 0. The molecule has 2 rings (SSSR count). The molecule has 0 bridgehead atoms. The Labute approximate surface area is 126 Å². The van der Waals surface area contributed by atoms with E-state index >= 15 is 0 Å². The molecule has 0 amide bonds. The lowest BCUT2D eigenvalue weighted by Crippen LogP contribution is -2.13. The van der Waals surface area contributed by atoms with Crippen LogP contribution in [0.1, 0.15) is 6.92 Å². The average molecular weight is 357 g/mol. The molecule has 0 aliphatic rings. The fourth-order valence-corrected chi connectivity index (χ4v) is 2.76. The van der Waals surface area contributed by atoms with Crippen LogP contribution in [0.4, 0.5) is 5.82 Å². The number of nitrogens with one attached hydrogen (secondary N) is 1. The summed E-state index contributed by atoms with van der Waals surface area (Å²) in [5.74, 6) is 0.898. The fraction of sp³-hybridized carbons (Fsp3) is 0.154. The first-order valence-corrected chi connectivity index (χ1v) is 8.16. The van der Waals surface area contributed by atoms with Gasteiger partial charge in [-0.15, -0.1) is 0 Å². The number of nitrogens with zero attached hydrogens (tertiary/aromatic N) is 1. The van der Waals surface area contributed by atoms with E-state index in [9.17, 15) is 8.42 Å². The van der Waals surface area contributed by atoms with Gasteiger partial charge in [0.25, 0.3) is 10.0 Å². The third-order valence-corrected chi connectivity index (χ3v) is 4.25. The highest BCUT2D eigenvalue weighted by atomic mass is 79.9. The van der Waals surface area contributed by atoms with Crippen LogP contribution >= 0.6 is 15.9 Å². The molecule has 0 saturated carbocycles. The molecular formula is C13H13BrN2O3S. The summed E-state index contributed by atoms with van der Waals surface area (Å²) in [6, 6.07) is 9.51. The molecule has 1 N–H and O–H groups in total. The van der Waals surface area contributed by atoms with Crippen LogP contribution in [0.3, 0.4) is 0 Å². The molecule has 20 heavy (non-hydrogen) atoms. The van der Waals surface area contributed by atoms with Crippen molar-refractivity contribution < 1.29 is 13.2 Å². The van der Waals surface area contributed by atoms with E-state index in [1.54, 1.807) is 24.3 Å². The molecule has 1 aromatic carbocycles. The van der Waals surface area contributed by atoms with Gasteiger partial charge in [-0.05, 0) is 59.3 Å². The number of ether oxygens (including phenoxy) is 1. The minimum Gasteiger partial charge on any atom is -0.494 e. The van der Waals surface area contributed by atoms with Gasteiger partial charge in [-0.25, -0.2) is 13.4 Å². The molecule has 0 aliphatic heterocycles. The Hall–Kier alpha value is -1.60. The zero-order chi connectivity index (χ0) is 14.6. The van der Waals surface area contributed by atoms with Crippen LogP contribution in [-0.4, -0.2) is 20.0 Å². The monoisotopic (exact) mass is 356 g/mol. The number of anilines is 1. The van der Waals surface area contributed by atoms with E-state index in [1.165, 1.54) is 18.3 Å². The molecule has 0 atom stereocenters. The van der Waals surface area contributed by atoms with Gasteiger partial charge < -0.3 is 4.74 Å². The van der Waals surface area contributed by atoms with Crippen molar-refractivity contribution in [1.29, 1.82) is 0 Å². The summed E-state index contributed by atoms with van der Waals surface area (Å²) in [7, 11) is -3.64. The summed E-state index contributed by atoms with van der Waals surface area (Å²) in [6.07, 6.45) is 1.52. The minimum atomic E-state index is -3.64. The highest BCUT2D eigenvalue weighted by Gasteiger charge is 2.14. The standard InChI is InChI=1S/C13H13BrN2O3S/c1-2-19-11-4-6-12(7-5-11)20(17,18)16-13-8-3-10(14)9-15-13/h3-9H,2H2,1H3,(H,15,16). The third kappa shape index (κ3) is 3.71. The number of sulfonamides is 1. The Kier molecular flexibility index (Phi) is 4.61. The number of benzene rings is 1. The van der Waals surface area contributed by atoms with E-state index in [0.717, 1.165) is 4.47 Å². The van der Waals surface area contributed by atoms with Crippen LogP contribution in [0.5, 0.6) is 5.75 Å². The molecule has 1 aromatic heterocycles. The van der Waals surface area contributed by atoms with Crippen LogP contribution in [0.25, 0.3) is 0 Å². The predicted molar refractivity (Wildman–Crippen MR) is 80.4 cm³/mol. The summed E-state index contributed by atoms with van der Waals surface area (Å²) in [4.78, 5) is 4.13. The zero-order valence-corrected chi connectivity index (χ0v) is 13.1. The van der Waals surface area contributed by atoms with Gasteiger partial charge in [-0.2, -0.15) is 0 Å². The van der Waals surface area contributed by atoms with Crippen molar-refractivity contribution >= 4 is 31.8 Å². The first-order valence-electron chi connectivity index (χ1n) is 5.88. The Morgan fingerprint density at radius 2 is 1.90 bits per heavy atom. The van der Waals surface area contributed by atoms with E-state index in [4.69, 9.17) is 4.74 Å². The number of pyridine rings is 1. The summed E-state index contributed by atoms with van der Waals surface area (Å²) in [5.41, 5.74) is 0. The van der Waals surface area contributed by atoms with Crippen molar-refractivity contribution in [3.8, 4) is 5.75 Å². The van der Waals surface area contributed by atoms with Gasteiger partial charge in [0.1, 0.15) is 11.6 Å². The highest BCUT2D eigenvalue weighted by Crippen LogP contribution is 2.19. The highest BCUT2D eigenvalue weighted by molar-refractivity contribution is 9.10. The second-order valence-corrected chi connectivity index (χ2v) is 6.47. The maximum absolute atomic E-state index is 12.2. The lowest BCUT2D eigenvalue weighted by Gasteiger charge is -2.08. The van der Waals surface area contributed by atoms with Crippen LogP contribution in [0.15, 0.2) is 52.0 Å². The number of rotatable bonds is 5. The Bertz CT molecular complexity index is 670. The molecule has 0 spiro atoms. The van der Waals surface area contributed by atoms with E-state index in [0.29, 0.717) is 12.4 Å². The Balaban J connectivity index is 2.19. The van der Waals surface area contributed by atoms with Crippen LogP contribution in [-0.2, 0) is 10.0 Å². The normalized spacial score (nSPS) is 11.1. The van der Waals surface area contributed by atoms with Crippen molar-refractivity contribution in [3.05, 3.63) is 47.1 Å². The topological polar surface area (TPSA) is 68.3 Å². The molecule has 0 radical (unpaired) electrons. The van der Waals surface area contributed by atoms with Crippen LogP contribution in [0, 0.1) is 0 Å². The summed E-state index contributed by atoms with van der Waals surface area (Å²) < 4.78 is 32.8. The van der Waals surface area contributed by atoms with Gasteiger partial charge in [-0.3, -0.25) is 4.72 Å². The Morgan fingerprint density at radius 3 is 2.45 bits per heavy atom.